The minimum atomic E-state index is -4.41. The number of aliphatic hydroxyl groups excluding tert-OH is 1. The van der Waals surface area contributed by atoms with E-state index in [0.717, 1.165) is 63.1 Å². The summed E-state index contributed by atoms with van der Waals surface area (Å²) in [5.74, 6) is 1.79. The molecule has 6 heteroatoms. The Balaban J connectivity index is 1.38. The fourth-order valence-electron chi connectivity index (χ4n) is 7.62. The Morgan fingerprint density at radius 1 is 1.03 bits per heavy atom. The normalized spacial score (nSPS) is 39.8. The second kappa shape index (κ2) is 8.07. The molecule has 3 nitrogen and oxygen atoms in total. The predicted molar refractivity (Wildman–Crippen MR) is 124 cm³/mol. The molecule has 0 amide bonds. The monoisotopic (exact) mass is 458 g/mol. The molecule has 5 rings (SSSR count). The summed E-state index contributed by atoms with van der Waals surface area (Å²) >= 11 is 0. The number of aliphatic hydroxyl groups is 1. The Morgan fingerprint density at radius 2 is 1.76 bits per heavy atom. The second-order valence-corrected chi connectivity index (χ2v) is 11.0. The van der Waals surface area contributed by atoms with Crippen LogP contribution in [0.1, 0.15) is 76.3 Å². The fraction of sp³-hybridized carbons (Fsp3) is 0.630. The molecule has 0 radical (unpaired) electrons. The van der Waals surface area contributed by atoms with Gasteiger partial charge in [0.1, 0.15) is 0 Å². The van der Waals surface area contributed by atoms with Crippen molar-refractivity contribution in [2.24, 2.45) is 38.8 Å². The second-order valence-electron chi connectivity index (χ2n) is 11.0. The van der Waals surface area contributed by atoms with Gasteiger partial charge in [-0.25, -0.2) is 0 Å². The van der Waals surface area contributed by atoms with Gasteiger partial charge in [0.05, 0.1) is 17.9 Å². The summed E-state index contributed by atoms with van der Waals surface area (Å²) in [5.41, 5.74) is 2.05. The van der Waals surface area contributed by atoms with Crippen molar-refractivity contribution in [1.29, 1.82) is 0 Å². The topological polar surface area (TPSA) is 45.0 Å². The van der Waals surface area contributed by atoms with Crippen LogP contribution in [0.4, 0.5) is 13.2 Å². The van der Waals surface area contributed by atoms with Crippen molar-refractivity contribution in [3.8, 4) is 0 Å². The van der Waals surface area contributed by atoms with Gasteiger partial charge in [0, 0.05) is 16.7 Å². The third kappa shape index (κ3) is 3.78. The van der Waals surface area contributed by atoms with Crippen LogP contribution in [-0.2, 0) is 6.18 Å². The van der Waals surface area contributed by atoms with Gasteiger partial charge in [0.15, 0.2) is 0 Å². The molecule has 4 aliphatic carbocycles. The van der Waals surface area contributed by atoms with Gasteiger partial charge in [-0.15, -0.1) is 0 Å². The smallest absolute Gasteiger partial charge is 0.393 e. The average molecular weight is 459 g/mol. The van der Waals surface area contributed by atoms with Crippen LogP contribution in [0, 0.1) is 28.6 Å². The van der Waals surface area contributed by atoms with Crippen molar-refractivity contribution >= 4 is 11.9 Å². The standard InChI is InChI=1S/C27H33F3N2O/c1-25-13-11-19(33)15-18(25)7-8-20-22-9-10-24(26(22,2)14-12-23(20)25)32-31-16-17-5-3-4-6-21(17)27(28,29)30/h3-7,16,19-20,22-23,33H,8-15H2,1-2H3. The van der Waals surface area contributed by atoms with Crippen molar-refractivity contribution < 1.29 is 18.3 Å². The Kier molecular flexibility index (Phi) is 5.58. The number of halogens is 3. The van der Waals surface area contributed by atoms with Gasteiger partial charge in [-0.05, 0) is 80.6 Å². The largest absolute Gasteiger partial charge is 0.417 e. The molecule has 6 unspecified atom stereocenters. The van der Waals surface area contributed by atoms with Gasteiger partial charge >= 0.3 is 6.18 Å². The zero-order valence-electron chi connectivity index (χ0n) is 19.4. The highest BCUT2D eigenvalue weighted by molar-refractivity contribution is 5.93. The summed E-state index contributed by atoms with van der Waals surface area (Å²) in [6.07, 6.45) is 7.05. The first-order valence-electron chi connectivity index (χ1n) is 12.3. The van der Waals surface area contributed by atoms with Gasteiger partial charge in [0.2, 0.25) is 0 Å². The molecule has 0 heterocycles. The third-order valence-electron chi connectivity index (χ3n) is 9.46. The predicted octanol–water partition coefficient (Wildman–Crippen LogP) is 6.80. The first-order chi connectivity index (χ1) is 15.6. The molecule has 0 saturated heterocycles. The van der Waals surface area contributed by atoms with Crippen molar-refractivity contribution in [2.45, 2.75) is 77.5 Å². The molecular formula is C27H33F3N2O. The lowest BCUT2D eigenvalue weighted by molar-refractivity contribution is -0.137. The first kappa shape index (κ1) is 22.8. The Labute approximate surface area is 193 Å². The van der Waals surface area contributed by atoms with Crippen molar-refractivity contribution in [3.63, 3.8) is 0 Å². The number of nitrogens with zero attached hydrogens (tertiary/aromatic N) is 2. The number of benzene rings is 1. The number of rotatable bonds is 2. The van der Waals surface area contributed by atoms with Crippen LogP contribution in [0.3, 0.4) is 0 Å². The van der Waals surface area contributed by atoms with E-state index in [4.69, 9.17) is 0 Å². The Hall–Kier alpha value is -1.95. The zero-order chi connectivity index (χ0) is 23.4. The zero-order valence-corrected chi connectivity index (χ0v) is 19.4. The lowest BCUT2D eigenvalue weighted by atomic mass is 9.48. The van der Waals surface area contributed by atoms with Crippen molar-refractivity contribution in [1.82, 2.24) is 0 Å². The van der Waals surface area contributed by atoms with E-state index in [2.05, 4.69) is 30.1 Å². The molecule has 6 atom stereocenters. The molecule has 4 aliphatic rings. The summed E-state index contributed by atoms with van der Waals surface area (Å²) < 4.78 is 39.8. The fourth-order valence-corrected chi connectivity index (χ4v) is 7.62. The van der Waals surface area contributed by atoms with Crippen LogP contribution in [0.5, 0.6) is 0 Å². The quantitative estimate of drug-likeness (QED) is 0.296. The summed E-state index contributed by atoms with van der Waals surface area (Å²) in [5, 5.41) is 18.8. The minimum absolute atomic E-state index is 0.0298. The van der Waals surface area contributed by atoms with Gasteiger partial charge in [-0.3, -0.25) is 0 Å². The van der Waals surface area contributed by atoms with E-state index in [1.165, 1.54) is 23.9 Å². The number of hydrogen-bond acceptors (Lipinski definition) is 3. The number of alkyl halides is 3. The van der Waals surface area contributed by atoms with Crippen LogP contribution in [0.15, 0.2) is 46.1 Å². The Morgan fingerprint density at radius 3 is 2.55 bits per heavy atom. The van der Waals surface area contributed by atoms with Gasteiger partial charge in [0.25, 0.3) is 0 Å². The van der Waals surface area contributed by atoms with E-state index in [0.29, 0.717) is 17.8 Å². The molecule has 1 aromatic rings. The van der Waals surface area contributed by atoms with Crippen LogP contribution < -0.4 is 0 Å². The lowest BCUT2D eigenvalue weighted by Crippen LogP contribution is -2.50. The Bertz CT molecular complexity index is 1010. The van der Waals surface area contributed by atoms with E-state index < -0.39 is 11.7 Å². The van der Waals surface area contributed by atoms with Crippen LogP contribution in [-0.4, -0.2) is 23.1 Å². The van der Waals surface area contributed by atoms with E-state index in [-0.39, 0.29) is 22.5 Å². The molecule has 0 bridgehead atoms. The van der Waals surface area contributed by atoms with Crippen molar-refractivity contribution in [3.05, 3.63) is 47.0 Å². The van der Waals surface area contributed by atoms with E-state index in [1.807, 2.05) is 0 Å². The first-order valence-corrected chi connectivity index (χ1v) is 12.3. The molecule has 3 fully saturated rings. The maximum atomic E-state index is 13.3. The van der Waals surface area contributed by atoms with E-state index in [9.17, 15) is 18.3 Å². The van der Waals surface area contributed by atoms with Crippen molar-refractivity contribution in [2.75, 3.05) is 0 Å². The summed E-state index contributed by atoms with van der Waals surface area (Å²) in [4.78, 5) is 0. The SMILES string of the molecule is CC12CCC(O)CC1=CCC1C2CCC2(C)C(=NN=Cc3ccccc3C(F)(F)F)CCC12. The molecule has 1 N–H and O–H groups in total. The van der Waals surface area contributed by atoms with Crippen LogP contribution in [0.25, 0.3) is 0 Å². The van der Waals surface area contributed by atoms with Gasteiger partial charge in [-0.1, -0.05) is 43.7 Å². The van der Waals surface area contributed by atoms with E-state index >= 15 is 0 Å². The summed E-state index contributed by atoms with van der Waals surface area (Å²) in [7, 11) is 0. The molecule has 0 aliphatic heterocycles. The average Bonchev–Trinajstić information content (AvgIpc) is 3.10. The highest BCUT2D eigenvalue weighted by Gasteiger charge is 2.57. The molecule has 3 saturated carbocycles. The highest BCUT2D eigenvalue weighted by Crippen LogP contribution is 2.64. The molecular weight excluding hydrogens is 425 g/mol. The number of fused-ring (bicyclic) bond motifs is 5. The van der Waals surface area contributed by atoms with E-state index in [1.54, 1.807) is 6.07 Å². The minimum Gasteiger partial charge on any atom is -0.393 e. The molecule has 178 valence electrons. The third-order valence-corrected chi connectivity index (χ3v) is 9.46. The lowest BCUT2D eigenvalue weighted by Gasteiger charge is -2.57. The molecule has 0 spiro atoms. The van der Waals surface area contributed by atoms with Crippen LogP contribution in [0.2, 0.25) is 0 Å². The number of allylic oxidation sites excluding steroid dienone is 1. The van der Waals surface area contributed by atoms with Gasteiger partial charge < -0.3 is 5.11 Å². The molecule has 33 heavy (non-hydrogen) atoms. The highest BCUT2D eigenvalue weighted by atomic mass is 19.4. The summed E-state index contributed by atoms with van der Waals surface area (Å²) in [6, 6.07) is 5.50. The maximum absolute atomic E-state index is 13.3. The molecule has 1 aromatic carbocycles. The number of hydrogen-bond donors (Lipinski definition) is 1. The maximum Gasteiger partial charge on any atom is 0.417 e. The molecule has 0 aromatic heterocycles. The summed E-state index contributed by atoms with van der Waals surface area (Å²) in [6.45, 7) is 4.71. The van der Waals surface area contributed by atoms with Gasteiger partial charge in [-0.2, -0.15) is 23.4 Å². The van der Waals surface area contributed by atoms with Crippen LogP contribution >= 0.6 is 0 Å².